The SMILES string of the molecule is CC(=O)c1cccc(/C=C/c2ccc3c(c2)N(S(=O)(=O)c2cccc(C(F)(F)F)c2)C[C@H](CCC(=O)O)O3)n1. The lowest BCUT2D eigenvalue weighted by Crippen LogP contribution is -2.43. The molecular weight excluding hydrogens is 537 g/mol. The van der Waals surface area contributed by atoms with Crippen molar-refractivity contribution in [2.24, 2.45) is 0 Å². The number of nitrogens with zero attached hydrogens (tertiary/aromatic N) is 2. The fraction of sp³-hybridized carbons (Fsp3) is 0.222. The summed E-state index contributed by atoms with van der Waals surface area (Å²) >= 11 is 0. The smallest absolute Gasteiger partial charge is 0.416 e. The van der Waals surface area contributed by atoms with E-state index in [2.05, 4.69) is 4.98 Å². The summed E-state index contributed by atoms with van der Waals surface area (Å²) in [6.45, 7) is 1.09. The fourth-order valence-corrected chi connectivity index (χ4v) is 5.52. The first-order valence-electron chi connectivity index (χ1n) is 11.7. The molecule has 2 aromatic carbocycles. The molecule has 0 radical (unpaired) electrons. The topological polar surface area (TPSA) is 114 Å². The highest BCUT2D eigenvalue weighted by molar-refractivity contribution is 7.92. The van der Waals surface area contributed by atoms with Gasteiger partial charge in [0.2, 0.25) is 0 Å². The number of ketones is 1. The standard InChI is InChI=1S/C27H23F3N2O6S/c1-17(33)23-7-3-5-20(31-23)10-8-18-9-12-25-24(14-18)32(16-21(38-25)11-13-26(34)35)39(36,37)22-6-2-4-19(15-22)27(28,29)30/h2-10,12,14-15,21H,11,13,16H2,1H3,(H,34,35)/b10-8+/t21-/m0/s1. The molecule has 12 heteroatoms. The second-order valence-electron chi connectivity index (χ2n) is 8.80. The van der Waals surface area contributed by atoms with Gasteiger partial charge in [0.25, 0.3) is 10.0 Å². The number of benzene rings is 2. The minimum Gasteiger partial charge on any atom is -0.486 e. The molecule has 3 aromatic rings. The van der Waals surface area contributed by atoms with E-state index in [1.54, 1.807) is 36.4 Å². The molecule has 0 aliphatic carbocycles. The van der Waals surface area contributed by atoms with E-state index in [1.165, 1.54) is 19.1 Å². The quantitative estimate of drug-likeness (QED) is 0.372. The van der Waals surface area contributed by atoms with Gasteiger partial charge < -0.3 is 9.84 Å². The number of carboxylic acids is 1. The number of alkyl halides is 3. The van der Waals surface area contributed by atoms with Gasteiger partial charge in [0, 0.05) is 13.3 Å². The zero-order chi connectivity index (χ0) is 28.4. The van der Waals surface area contributed by atoms with Gasteiger partial charge in [0.15, 0.2) is 5.78 Å². The lowest BCUT2D eigenvalue weighted by molar-refractivity contribution is -0.138. The molecule has 204 valence electrons. The summed E-state index contributed by atoms with van der Waals surface area (Å²) < 4.78 is 74.0. The van der Waals surface area contributed by atoms with E-state index in [1.807, 2.05) is 0 Å². The van der Waals surface area contributed by atoms with Crippen molar-refractivity contribution in [3.05, 3.63) is 83.2 Å². The second-order valence-corrected chi connectivity index (χ2v) is 10.7. The molecule has 4 rings (SSSR count). The van der Waals surface area contributed by atoms with E-state index in [0.717, 1.165) is 22.5 Å². The number of hydrogen-bond acceptors (Lipinski definition) is 6. The number of Topliss-reactive ketones (excluding diaryl/α,β-unsaturated/α-hetero) is 1. The number of carbonyl (C=O) groups is 2. The monoisotopic (exact) mass is 560 g/mol. The van der Waals surface area contributed by atoms with E-state index in [-0.39, 0.29) is 42.3 Å². The molecule has 1 aliphatic rings. The van der Waals surface area contributed by atoms with Crippen LogP contribution in [0.4, 0.5) is 18.9 Å². The summed E-state index contributed by atoms with van der Waals surface area (Å²) in [6.07, 6.45) is -2.62. The number of sulfonamides is 1. The Morgan fingerprint density at radius 1 is 1.10 bits per heavy atom. The Morgan fingerprint density at radius 3 is 2.54 bits per heavy atom. The molecule has 1 aromatic heterocycles. The summed E-state index contributed by atoms with van der Waals surface area (Å²) in [5.74, 6) is -1.16. The maximum Gasteiger partial charge on any atom is 0.416 e. The Bertz CT molecular complexity index is 1550. The maximum atomic E-state index is 13.6. The van der Waals surface area contributed by atoms with Crippen molar-refractivity contribution in [1.29, 1.82) is 0 Å². The van der Waals surface area contributed by atoms with Crippen LogP contribution in [0, 0.1) is 0 Å². The number of aromatic nitrogens is 1. The Balaban J connectivity index is 1.74. The van der Waals surface area contributed by atoms with Crippen LogP contribution >= 0.6 is 0 Å². The molecule has 0 bridgehead atoms. The van der Waals surface area contributed by atoms with E-state index in [4.69, 9.17) is 9.84 Å². The molecule has 0 spiro atoms. The van der Waals surface area contributed by atoms with Crippen LogP contribution in [0.25, 0.3) is 12.2 Å². The van der Waals surface area contributed by atoms with Crippen LogP contribution < -0.4 is 9.04 Å². The minimum absolute atomic E-state index is 0.0107. The normalized spacial score (nSPS) is 15.6. The zero-order valence-corrected chi connectivity index (χ0v) is 21.4. The fourth-order valence-electron chi connectivity index (χ4n) is 3.98. The first-order chi connectivity index (χ1) is 18.3. The zero-order valence-electron chi connectivity index (χ0n) is 20.6. The molecule has 0 fully saturated rings. The molecule has 2 heterocycles. The lowest BCUT2D eigenvalue weighted by atomic mass is 10.1. The van der Waals surface area contributed by atoms with Gasteiger partial charge in [0.05, 0.1) is 28.4 Å². The predicted octanol–water partition coefficient (Wildman–Crippen LogP) is 5.29. The number of fused-ring (bicyclic) bond motifs is 1. The van der Waals surface area contributed by atoms with Crippen LogP contribution in [-0.4, -0.2) is 42.9 Å². The van der Waals surface area contributed by atoms with Crippen LogP contribution in [0.2, 0.25) is 0 Å². The third kappa shape index (κ3) is 6.45. The number of rotatable bonds is 8. The van der Waals surface area contributed by atoms with Crippen LogP contribution in [0.3, 0.4) is 0 Å². The molecule has 0 saturated carbocycles. The third-order valence-electron chi connectivity index (χ3n) is 5.92. The number of halogens is 3. The Hall–Kier alpha value is -4.19. The van der Waals surface area contributed by atoms with E-state index in [0.29, 0.717) is 17.3 Å². The molecule has 39 heavy (non-hydrogen) atoms. The van der Waals surface area contributed by atoms with Crippen molar-refractivity contribution in [1.82, 2.24) is 4.98 Å². The second kappa shape index (κ2) is 10.9. The van der Waals surface area contributed by atoms with Crippen LogP contribution in [0.1, 0.15) is 47.1 Å². The summed E-state index contributed by atoms with van der Waals surface area (Å²) in [6, 6.07) is 13.0. The van der Waals surface area contributed by atoms with Crippen molar-refractivity contribution >= 4 is 39.6 Å². The van der Waals surface area contributed by atoms with Gasteiger partial charge in [-0.15, -0.1) is 0 Å². The first-order valence-corrected chi connectivity index (χ1v) is 13.2. The van der Waals surface area contributed by atoms with Crippen molar-refractivity contribution < 1.29 is 41.0 Å². The number of ether oxygens (including phenoxy) is 1. The predicted molar refractivity (Wildman–Crippen MR) is 137 cm³/mol. The molecule has 8 nitrogen and oxygen atoms in total. The van der Waals surface area contributed by atoms with Crippen LogP contribution in [-0.2, 0) is 21.0 Å². The molecule has 0 amide bonds. The highest BCUT2D eigenvalue weighted by Gasteiger charge is 2.37. The summed E-state index contributed by atoms with van der Waals surface area (Å²) in [5, 5.41) is 9.06. The number of anilines is 1. The number of pyridine rings is 1. The van der Waals surface area contributed by atoms with Crippen molar-refractivity contribution in [3.8, 4) is 5.75 Å². The summed E-state index contributed by atoms with van der Waals surface area (Å²) in [5.41, 5.74) is 0.268. The van der Waals surface area contributed by atoms with Gasteiger partial charge in [-0.3, -0.25) is 13.9 Å². The van der Waals surface area contributed by atoms with Crippen LogP contribution in [0.5, 0.6) is 5.75 Å². The largest absolute Gasteiger partial charge is 0.486 e. The summed E-state index contributed by atoms with van der Waals surface area (Å²) in [4.78, 5) is 26.4. The van der Waals surface area contributed by atoms with Gasteiger partial charge in [-0.25, -0.2) is 13.4 Å². The molecule has 0 unspecified atom stereocenters. The highest BCUT2D eigenvalue weighted by Crippen LogP contribution is 2.40. The number of hydrogen-bond donors (Lipinski definition) is 1. The van der Waals surface area contributed by atoms with Gasteiger partial charge in [-0.1, -0.05) is 24.3 Å². The average Bonchev–Trinajstić information content (AvgIpc) is 2.90. The van der Waals surface area contributed by atoms with Gasteiger partial charge in [0.1, 0.15) is 17.5 Å². The van der Waals surface area contributed by atoms with Crippen molar-refractivity contribution in [3.63, 3.8) is 0 Å². The molecule has 1 atom stereocenters. The Kier molecular flexibility index (Phi) is 7.77. The van der Waals surface area contributed by atoms with Gasteiger partial charge in [-0.05, 0) is 60.5 Å². The van der Waals surface area contributed by atoms with Crippen molar-refractivity contribution in [2.45, 2.75) is 36.9 Å². The maximum absolute atomic E-state index is 13.6. The van der Waals surface area contributed by atoms with Gasteiger partial charge >= 0.3 is 12.1 Å². The Morgan fingerprint density at radius 2 is 1.85 bits per heavy atom. The van der Waals surface area contributed by atoms with Crippen molar-refractivity contribution in [2.75, 3.05) is 10.8 Å². The highest BCUT2D eigenvalue weighted by atomic mass is 32.2. The third-order valence-corrected chi connectivity index (χ3v) is 7.70. The molecular formula is C27H23F3N2O6S. The molecule has 1 N–H and O–H groups in total. The number of carbonyl (C=O) groups excluding carboxylic acids is 1. The average molecular weight is 561 g/mol. The number of carboxylic acid groups (broad SMARTS) is 1. The number of aliphatic carboxylic acids is 1. The molecule has 0 saturated heterocycles. The Labute approximate surface area is 222 Å². The minimum atomic E-state index is -4.75. The molecule has 1 aliphatic heterocycles. The van der Waals surface area contributed by atoms with E-state index >= 15 is 0 Å². The van der Waals surface area contributed by atoms with Gasteiger partial charge in [-0.2, -0.15) is 13.2 Å². The van der Waals surface area contributed by atoms with Crippen LogP contribution in [0.15, 0.2) is 65.6 Å². The van der Waals surface area contributed by atoms with E-state index in [9.17, 15) is 31.2 Å². The lowest BCUT2D eigenvalue weighted by Gasteiger charge is -2.35. The first kappa shape index (κ1) is 27.8. The summed E-state index contributed by atoms with van der Waals surface area (Å²) in [7, 11) is -4.50. The van der Waals surface area contributed by atoms with E-state index < -0.39 is 38.7 Å².